The molecule has 0 aromatic heterocycles. The third kappa shape index (κ3) is 6.39. The van der Waals surface area contributed by atoms with Crippen molar-refractivity contribution in [3.63, 3.8) is 0 Å². The number of aliphatic imine (C=N–C) groups is 1. The van der Waals surface area contributed by atoms with Crippen LogP contribution in [-0.2, 0) is 0 Å². The number of nitrogens with zero attached hydrogens (tertiary/aromatic N) is 3. The van der Waals surface area contributed by atoms with E-state index in [2.05, 4.69) is 203 Å². The Morgan fingerprint density at radius 3 is 2.00 bits per heavy atom. The van der Waals surface area contributed by atoms with E-state index in [1.54, 1.807) is 5.57 Å². The van der Waals surface area contributed by atoms with Gasteiger partial charge in [-0.25, -0.2) is 0 Å². The molecule has 4 unspecified atom stereocenters. The van der Waals surface area contributed by atoms with Gasteiger partial charge in [0.15, 0.2) is 0 Å². The monoisotopic (exact) mass is 802 g/mol. The zero-order chi connectivity index (χ0) is 41.0. The van der Waals surface area contributed by atoms with E-state index in [1.807, 2.05) is 0 Å². The highest BCUT2D eigenvalue weighted by atomic mass is 15.2. The van der Waals surface area contributed by atoms with Gasteiger partial charge >= 0.3 is 0 Å². The first-order valence-corrected chi connectivity index (χ1v) is 22.7. The summed E-state index contributed by atoms with van der Waals surface area (Å²) in [5, 5.41) is 3.75. The molecule has 0 spiro atoms. The largest absolute Gasteiger partial charge is 0.360 e. The topological polar surface area (TPSA) is 30.9 Å². The van der Waals surface area contributed by atoms with Crippen molar-refractivity contribution in [2.45, 2.75) is 69.0 Å². The van der Waals surface area contributed by atoms with E-state index in [1.165, 1.54) is 69.1 Å². The summed E-state index contributed by atoms with van der Waals surface area (Å²) in [4.78, 5) is 10.5. The minimum Gasteiger partial charge on any atom is -0.360 e. The Morgan fingerprint density at radius 1 is 0.548 bits per heavy atom. The van der Waals surface area contributed by atoms with Gasteiger partial charge in [0.05, 0.1) is 11.8 Å². The average Bonchev–Trinajstić information content (AvgIpc) is 3.88. The number of allylic oxidation sites excluding steroid dienone is 8. The number of hydrogen-bond acceptors (Lipinski definition) is 4. The molecule has 4 nitrogen and oxygen atoms in total. The third-order valence-electron chi connectivity index (χ3n) is 14.2. The fraction of sp³-hybridized carbons (Fsp3) is 0.190. The van der Waals surface area contributed by atoms with Gasteiger partial charge in [0.1, 0.15) is 6.17 Å². The van der Waals surface area contributed by atoms with Gasteiger partial charge in [0, 0.05) is 46.0 Å². The quantitative estimate of drug-likeness (QED) is 0.174. The Balaban J connectivity index is 0.855. The number of hydrogen-bond donors (Lipinski definition) is 1. The standard InChI is InChI=1S/C58H50N4/c1-4-15-41(16-5-1)52-38-53(42-17-6-2-7-18-42)60-58(59-52)43-29-27-39(28-30-43)44-33-36-50-48-21-10-12-25-54(48)61(56(50)37-44)46-34-31-40(32-35-46)47-23-14-24-51-49-22-11-13-26-55(49)62(57(47)51)45-19-8-3-9-20-45/h1-13,15-22,25-31,34,37-38,50-51,56,58-59H,14,23-24,32-33,35-36H2. The fourth-order valence-electron chi connectivity index (χ4n) is 11.3. The van der Waals surface area contributed by atoms with Crippen molar-refractivity contribution in [1.82, 2.24) is 5.32 Å². The Kier molecular flexibility index (Phi) is 9.24. The summed E-state index contributed by atoms with van der Waals surface area (Å²) in [6.45, 7) is 0. The first-order valence-electron chi connectivity index (χ1n) is 22.7. The molecule has 0 saturated carbocycles. The molecule has 12 rings (SSSR count). The average molecular weight is 803 g/mol. The molecule has 6 aromatic carbocycles. The second-order valence-corrected chi connectivity index (χ2v) is 17.6. The van der Waals surface area contributed by atoms with E-state index in [0.29, 0.717) is 17.9 Å². The lowest BCUT2D eigenvalue weighted by molar-refractivity contribution is 0.565. The summed E-state index contributed by atoms with van der Waals surface area (Å²) in [7, 11) is 0. The normalized spacial score (nSPS) is 22.5. The highest BCUT2D eigenvalue weighted by molar-refractivity contribution is 6.13. The van der Waals surface area contributed by atoms with Crippen molar-refractivity contribution in [3.8, 4) is 0 Å². The number of anilines is 3. The SMILES string of the molecule is C1=C(C2=C3C(CCC2)c2ccccc2N3c2ccccc2)CCC(N2c3ccccc3C3CCC(c4ccc(C5N=C(c6ccccc6)C=C(c6ccccc6)N5)cc4)=CC32)=C1. The maximum absolute atomic E-state index is 5.24. The van der Waals surface area contributed by atoms with Crippen LogP contribution >= 0.6 is 0 Å². The molecule has 302 valence electrons. The molecule has 4 atom stereocenters. The second kappa shape index (κ2) is 15.5. The molecular formula is C58H50N4. The van der Waals surface area contributed by atoms with Crippen molar-refractivity contribution in [3.05, 3.63) is 244 Å². The molecule has 3 heterocycles. The van der Waals surface area contributed by atoms with E-state index in [4.69, 9.17) is 4.99 Å². The minimum absolute atomic E-state index is 0.179. The molecule has 0 saturated heterocycles. The number of benzene rings is 6. The molecule has 1 N–H and O–H groups in total. The van der Waals surface area contributed by atoms with E-state index in [0.717, 1.165) is 60.2 Å². The zero-order valence-corrected chi connectivity index (χ0v) is 35.0. The number of fused-ring (bicyclic) bond motifs is 6. The zero-order valence-electron chi connectivity index (χ0n) is 35.0. The lowest BCUT2D eigenvalue weighted by atomic mass is 9.79. The molecular weight excluding hydrogens is 753 g/mol. The molecule has 0 radical (unpaired) electrons. The van der Waals surface area contributed by atoms with Crippen molar-refractivity contribution in [2.24, 2.45) is 4.99 Å². The predicted molar refractivity (Wildman–Crippen MR) is 256 cm³/mol. The van der Waals surface area contributed by atoms with Gasteiger partial charge < -0.3 is 15.1 Å². The van der Waals surface area contributed by atoms with Crippen LogP contribution in [0.4, 0.5) is 17.1 Å². The Bertz CT molecular complexity index is 2860. The molecule has 62 heavy (non-hydrogen) atoms. The van der Waals surface area contributed by atoms with Crippen LogP contribution in [0.2, 0.25) is 0 Å². The summed E-state index contributed by atoms with van der Waals surface area (Å²) >= 11 is 0. The van der Waals surface area contributed by atoms with E-state index >= 15 is 0 Å². The van der Waals surface area contributed by atoms with Gasteiger partial charge in [-0.1, -0.05) is 152 Å². The minimum atomic E-state index is -0.179. The molecule has 6 aliphatic rings. The van der Waals surface area contributed by atoms with Crippen LogP contribution in [0.3, 0.4) is 0 Å². The number of nitrogens with one attached hydrogen (secondary N) is 1. The Morgan fingerprint density at radius 2 is 1.24 bits per heavy atom. The van der Waals surface area contributed by atoms with Crippen molar-refractivity contribution >= 4 is 34.0 Å². The lowest BCUT2D eigenvalue weighted by Gasteiger charge is -2.36. The van der Waals surface area contributed by atoms with Crippen LogP contribution in [0.5, 0.6) is 0 Å². The van der Waals surface area contributed by atoms with Gasteiger partial charge in [-0.3, -0.25) is 4.99 Å². The molecule has 6 aromatic rings. The number of para-hydroxylation sites is 3. The molecule has 0 bridgehead atoms. The van der Waals surface area contributed by atoms with E-state index in [9.17, 15) is 0 Å². The molecule has 4 heteroatoms. The first kappa shape index (κ1) is 36.9. The van der Waals surface area contributed by atoms with Crippen molar-refractivity contribution < 1.29 is 0 Å². The molecule has 3 aliphatic heterocycles. The second-order valence-electron chi connectivity index (χ2n) is 17.6. The Hall–Kier alpha value is -6.91. The molecule has 0 fully saturated rings. The summed E-state index contributed by atoms with van der Waals surface area (Å²) in [6.07, 6.45) is 17.5. The number of rotatable bonds is 7. The maximum Gasteiger partial charge on any atom is 0.145 e. The third-order valence-corrected chi connectivity index (χ3v) is 14.2. The van der Waals surface area contributed by atoms with Gasteiger partial charge in [0.2, 0.25) is 0 Å². The van der Waals surface area contributed by atoms with Gasteiger partial charge in [-0.15, -0.1) is 0 Å². The summed E-state index contributed by atoms with van der Waals surface area (Å²) in [5.41, 5.74) is 21.3. The van der Waals surface area contributed by atoms with Gasteiger partial charge in [-0.05, 0) is 131 Å². The maximum atomic E-state index is 5.24. The predicted octanol–water partition coefficient (Wildman–Crippen LogP) is 13.9. The summed E-state index contributed by atoms with van der Waals surface area (Å²) in [5.74, 6) is 0.941. The van der Waals surface area contributed by atoms with Gasteiger partial charge in [0.25, 0.3) is 0 Å². The van der Waals surface area contributed by atoms with Crippen LogP contribution in [0.15, 0.2) is 216 Å². The van der Waals surface area contributed by atoms with Crippen LogP contribution in [-0.4, -0.2) is 11.8 Å². The van der Waals surface area contributed by atoms with Crippen LogP contribution in [0.1, 0.15) is 96.3 Å². The summed E-state index contributed by atoms with van der Waals surface area (Å²) in [6, 6.07) is 60.0. The van der Waals surface area contributed by atoms with E-state index in [-0.39, 0.29) is 6.17 Å². The highest BCUT2D eigenvalue weighted by Crippen LogP contribution is 2.56. The van der Waals surface area contributed by atoms with Crippen LogP contribution in [0.25, 0.3) is 11.3 Å². The summed E-state index contributed by atoms with van der Waals surface area (Å²) < 4.78 is 0. The van der Waals surface area contributed by atoms with Crippen LogP contribution < -0.4 is 15.1 Å². The lowest BCUT2D eigenvalue weighted by Crippen LogP contribution is -2.34. The van der Waals surface area contributed by atoms with Gasteiger partial charge in [-0.2, -0.15) is 0 Å². The molecule has 0 amide bonds. The van der Waals surface area contributed by atoms with E-state index < -0.39 is 0 Å². The van der Waals surface area contributed by atoms with Crippen LogP contribution in [0, 0.1) is 0 Å². The smallest absolute Gasteiger partial charge is 0.145 e. The fourth-order valence-corrected chi connectivity index (χ4v) is 11.3. The Labute approximate surface area is 365 Å². The first-order chi connectivity index (χ1) is 30.7. The molecule has 3 aliphatic carbocycles. The van der Waals surface area contributed by atoms with Crippen molar-refractivity contribution in [1.29, 1.82) is 0 Å². The van der Waals surface area contributed by atoms with Crippen molar-refractivity contribution in [2.75, 3.05) is 9.80 Å². The highest BCUT2D eigenvalue weighted by Gasteiger charge is 2.42.